The van der Waals surface area contributed by atoms with Gasteiger partial charge in [0.05, 0.1) is 12.5 Å². The average Bonchev–Trinajstić information content (AvgIpc) is 2.46. The number of carbonyl (C=O) groups is 1. The molecule has 2 rings (SSSR count). The number of aliphatic carboxylic acids is 1. The number of carboxylic acid groups (broad SMARTS) is 1. The van der Waals surface area contributed by atoms with Crippen molar-refractivity contribution in [1.82, 2.24) is 0 Å². The summed E-state index contributed by atoms with van der Waals surface area (Å²) in [6.45, 7) is 6.25. The molecule has 0 aliphatic heterocycles. The number of carboxylic acids is 1. The number of methoxy groups -OCH3 is 1. The molecule has 0 bridgehead atoms. The highest BCUT2D eigenvalue weighted by Gasteiger charge is 2.41. The van der Waals surface area contributed by atoms with Crippen LogP contribution in [0.15, 0.2) is 12.1 Å². The number of ether oxygens (including phenoxy) is 1. The number of benzene rings is 1. The zero-order valence-corrected chi connectivity index (χ0v) is 13.5. The molecule has 116 valence electrons. The van der Waals surface area contributed by atoms with E-state index in [9.17, 15) is 9.90 Å². The molecular weight excluding hydrogens is 264 g/mol. The monoisotopic (exact) mass is 290 g/mol. The van der Waals surface area contributed by atoms with Crippen molar-refractivity contribution in [1.29, 1.82) is 0 Å². The van der Waals surface area contributed by atoms with E-state index < -0.39 is 11.4 Å². The van der Waals surface area contributed by atoms with Crippen LogP contribution in [0.4, 0.5) is 0 Å². The van der Waals surface area contributed by atoms with Crippen molar-refractivity contribution in [3.05, 3.63) is 28.8 Å². The van der Waals surface area contributed by atoms with E-state index in [1.807, 2.05) is 13.0 Å². The highest BCUT2D eigenvalue weighted by molar-refractivity contribution is 5.82. The van der Waals surface area contributed by atoms with E-state index in [4.69, 9.17) is 4.74 Å². The third-order valence-electron chi connectivity index (χ3n) is 4.80. The lowest BCUT2D eigenvalue weighted by Crippen LogP contribution is -2.38. The van der Waals surface area contributed by atoms with Crippen LogP contribution in [0.3, 0.4) is 0 Å². The number of aryl methyl sites for hydroxylation is 1. The standard InChI is InChI=1S/C18H26O3/c1-12(2)15-11-14(10-13(3)16(15)21-4)18(17(19)20)8-6-5-7-9-18/h10-12H,5-9H2,1-4H3,(H,19,20). The fourth-order valence-electron chi connectivity index (χ4n) is 3.57. The molecule has 0 spiro atoms. The van der Waals surface area contributed by atoms with Crippen molar-refractivity contribution in [2.45, 2.75) is 64.2 Å². The molecule has 0 aromatic heterocycles. The van der Waals surface area contributed by atoms with Crippen LogP contribution in [0, 0.1) is 6.92 Å². The van der Waals surface area contributed by atoms with Crippen LogP contribution in [-0.2, 0) is 10.2 Å². The maximum absolute atomic E-state index is 12.0. The minimum absolute atomic E-state index is 0.313. The molecule has 1 saturated carbocycles. The van der Waals surface area contributed by atoms with E-state index in [0.717, 1.165) is 54.5 Å². The zero-order chi connectivity index (χ0) is 15.6. The Kier molecular flexibility index (Phi) is 4.60. The molecule has 0 amide bonds. The van der Waals surface area contributed by atoms with Crippen LogP contribution in [0.25, 0.3) is 0 Å². The molecule has 0 radical (unpaired) electrons. The van der Waals surface area contributed by atoms with Crippen LogP contribution in [-0.4, -0.2) is 18.2 Å². The largest absolute Gasteiger partial charge is 0.496 e. The van der Waals surface area contributed by atoms with Gasteiger partial charge in [-0.15, -0.1) is 0 Å². The zero-order valence-electron chi connectivity index (χ0n) is 13.5. The van der Waals surface area contributed by atoms with Crippen molar-refractivity contribution in [3.8, 4) is 5.75 Å². The number of hydrogen-bond acceptors (Lipinski definition) is 2. The number of rotatable bonds is 4. The molecule has 1 N–H and O–H groups in total. The second-order valence-corrected chi connectivity index (χ2v) is 6.52. The molecule has 3 heteroatoms. The highest BCUT2D eigenvalue weighted by Crippen LogP contribution is 2.43. The molecule has 0 heterocycles. The second kappa shape index (κ2) is 6.08. The van der Waals surface area contributed by atoms with Gasteiger partial charge in [0.1, 0.15) is 5.75 Å². The maximum Gasteiger partial charge on any atom is 0.314 e. The Labute approximate surface area is 127 Å². The van der Waals surface area contributed by atoms with Gasteiger partial charge in [0.2, 0.25) is 0 Å². The summed E-state index contributed by atoms with van der Waals surface area (Å²) < 4.78 is 5.53. The Balaban J connectivity index is 2.59. The van der Waals surface area contributed by atoms with Crippen LogP contribution in [0.2, 0.25) is 0 Å². The summed E-state index contributed by atoms with van der Waals surface area (Å²) >= 11 is 0. The lowest BCUT2D eigenvalue weighted by molar-refractivity contribution is -0.145. The van der Waals surface area contributed by atoms with E-state index in [0.29, 0.717) is 5.92 Å². The fourth-order valence-corrected chi connectivity index (χ4v) is 3.57. The molecule has 1 fully saturated rings. The summed E-state index contributed by atoms with van der Waals surface area (Å²) in [6, 6.07) is 4.08. The van der Waals surface area contributed by atoms with Gasteiger partial charge < -0.3 is 9.84 Å². The molecule has 1 aromatic rings. The molecule has 0 atom stereocenters. The summed E-state index contributed by atoms with van der Waals surface area (Å²) in [5.74, 6) is 0.527. The predicted molar refractivity (Wildman–Crippen MR) is 84.2 cm³/mol. The van der Waals surface area contributed by atoms with Crippen molar-refractivity contribution >= 4 is 5.97 Å². The van der Waals surface area contributed by atoms with Crippen LogP contribution in [0.1, 0.15) is 68.6 Å². The van der Waals surface area contributed by atoms with Gasteiger partial charge in [-0.05, 0) is 42.4 Å². The molecule has 1 aliphatic carbocycles. The van der Waals surface area contributed by atoms with E-state index >= 15 is 0 Å². The molecule has 1 aliphatic rings. The van der Waals surface area contributed by atoms with Gasteiger partial charge >= 0.3 is 5.97 Å². The summed E-state index contributed by atoms with van der Waals surface area (Å²) in [5.41, 5.74) is 2.39. The first-order valence-electron chi connectivity index (χ1n) is 7.85. The third kappa shape index (κ3) is 2.78. The van der Waals surface area contributed by atoms with Crippen molar-refractivity contribution in [2.24, 2.45) is 0 Å². The number of hydrogen-bond donors (Lipinski definition) is 1. The Hall–Kier alpha value is -1.51. The SMILES string of the molecule is COc1c(C)cc(C2(C(=O)O)CCCCC2)cc1C(C)C. The van der Waals surface area contributed by atoms with Gasteiger partial charge in [-0.1, -0.05) is 45.2 Å². The normalized spacial score (nSPS) is 17.8. The molecular formula is C18H26O3. The molecule has 1 aromatic carbocycles. The lowest BCUT2D eigenvalue weighted by atomic mass is 9.68. The van der Waals surface area contributed by atoms with Gasteiger partial charge in [0.25, 0.3) is 0 Å². The van der Waals surface area contributed by atoms with Gasteiger partial charge in [-0.25, -0.2) is 0 Å². The van der Waals surface area contributed by atoms with Gasteiger partial charge in [0.15, 0.2) is 0 Å². The minimum atomic E-state index is -0.709. The van der Waals surface area contributed by atoms with Crippen LogP contribution in [0.5, 0.6) is 5.75 Å². The summed E-state index contributed by atoms with van der Waals surface area (Å²) in [4.78, 5) is 12.0. The highest BCUT2D eigenvalue weighted by atomic mass is 16.5. The first kappa shape index (κ1) is 15.9. The van der Waals surface area contributed by atoms with Crippen molar-refractivity contribution in [2.75, 3.05) is 7.11 Å². The van der Waals surface area contributed by atoms with Crippen molar-refractivity contribution in [3.63, 3.8) is 0 Å². The first-order valence-corrected chi connectivity index (χ1v) is 7.85. The predicted octanol–water partition coefficient (Wildman–Crippen LogP) is 4.41. The van der Waals surface area contributed by atoms with Crippen molar-refractivity contribution < 1.29 is 14.6 Å². The Morgan fingerprint density at radius 1 is 1.24 bits per heavy atom. The maximum atomic E-state index is 12.0. The van der Waals surface area contributed by atoms with Gasteiger partial charge in [-0.2, -0.15) is 0 Å². The topological polar surface area (TPSA) is 46.5 Å². The first-order chi connectivity index (χ1) is 9.92. The van der Waals surface area contributed by atoms with E-state index in [1.165, 1.54) is 0 Å². The lowest BCUT2D eigenvalue weighted by Gasteiger charge is -2.34. The molecule has 0 unspecified atom stereocenters. The fraction of sp³-hybridized carbons (Fsp3) is 0.611. The Morgan fingerprint density at radius 2 is 1.86 bits per heavy atom. The third-order valence-corrected chi connectivity index (χ3v) is 4.80. The summed E-state index contributed by atoms with van der Waals surface area (Å²) in [6.07, 6.45) is 4.61. The quantitative estimate of drug-likeness (QED) is 0.893. The summed E-state index contributed by atoms with van der Waals surface area (Å²) in [7, 11) is 1.68. The van der Waals surface area contributed by atoms with E-state index in [-0.39, 0.29) is 0 Å². The smallest absolute Gasteiger partial charge is 0.314 e. The Bertz CT molecular complexity index is 526. The molecule has 3 nitrogen and oxygen atoms in total. The van der Waals surface area contributed by atoms with Crippen LogP contribution >= 0.6 is 0 Å². The average molecular weight is 290 g/mol. The Morgan fingerprint density at radius 3 is 2.33 bits per heavy atom. The summed E-state index contributed by atoms with van der Waals surface area (Å²) in [5, 5.41) is 9.86. The van der Waals surface area contributed by atoms with E-state index in [2.05, 4.69) is 19.9 Å². The van der Waals surface area contributed by atoms with Crippen LogP contribution < -0.4 is 4.74 Å². The molecule has 21 heavy (non-hydrogen) atoms. The van der Waals surface area contributed by atoms with Gasteiger partial charge in [-0.3, -0.25) is 4.79 Å². The molecule has 0 saturated heterocycles. The minimum Gasteiger partial charge on any atom is -0.496 e. The second-order valence-electron chi connectivity index (χ2n) is 6.52. The van der Waals surface area contributed by atoms with E-state index in [1.54, 1.807) is 7.11 Å². The van der Waals surface area contributed by atoms with Gasteiger partial charge in [0, 0.05) is 0 Å².